The summed E-state index contributed by atoms with van der Waals surface area (Å²) >= 11 is 0. The Morgan fingerprint density at radius 3 is 2.11 bits per heavy atom. The Kier molecular flexibility index (Phi) is 4.61. The molecule has 0 aliphatic carbocycles. The number of nitrogens with one attached hydrogen (secondary N) is 1. The molecule has 19 heavy (non-hydrogen) atoms. The summed E-state index contributed by atoms with van der Waals surface area (Å²) in [5, 5.41) is 2.73. The van der Waals surface area contributed by atoms with Crippen LogP contribution < -0.4 is 5.32 Å². The third-order valence-corrected chi connectivity index (χ3v) is 3.23. The van der Waals surface area contributed by atoms with Gasteiger partial charge in [0, 0.05) is 12.0 Å². The van der Waals surface area contributed by atoms with Crippen LogP contribution in [0.5, 0.6) is 0 Å². The lowest BCUT2D eigenvalue weighted by Gasteiger charge is -2.21. The summed E-state index contributed by atoms with van der Waals surface area (Å²) in [5.41, 5.74) is -0.504. The second-order valence-corrected chi connectivity index (χ2v) is 5.11. The van der Waals surface area contributed by atoms with Crippen molar-refractivity contribution < 1.29 is 18.0 Å². The molecule has 1 rings (SSSR count). The van der Waals surface area contributed by atoms with Gasteiger partial charge in [-0.15, -0.1) is 0 Å². The minimum Gasteiger partial charge on any atom is -0.352 e. The summed E-state index contributed by atoms with van der Waals surface area (Å²) in [5.74, 6) is -0.102. The lowest BCUT2D eigenvalue weighted by molar-refractivity contribution is -0.137. The minimum absolute atomic E-state index is 0.102. The summed E-state index contributed by atoms with van der Waals surface area (Å²) in [6.45, 7) is 5.81. The van der Waals surface area contributed by atoms with Gasteiger partial charge in [0.25, 0.3) is 0 Å². The average molecular weight is 273 g/mol. The molecule has 0 aromatic heterocycles. The quantitative estimate of drug-likeness (QED) is 0.889. The molecule has 0 bridgehead atoms. The Balaban J connectivity index is 2.63. The van der Waals surface area contributed by atoms with Gasteiger partial charge in [0.2, 0.25) is 5.91 Å². The highest BCUT2D eigenvalue weighted by molar-refractivity contribution is 5.81. The van der Waals surface area contributed by atoms with Crippen LogP contribution in [0.1, 0.15) is 38.3 Å². The zero-order valence-electron chi connectivity index (χ0n) is 11.3. The number of alkyl halides is 3. The first-order chi connectivity index (χ1) is 8.66. The van der Waals surface area contributed by atoms with Crippen molar-refractivity contribution >= 4 is 5.91 Å². The first-order valence-corrected chi connectivity index (χ1v) is 6.11. The molecule has 0 heterocycles. The standard InChI is InChI=1S/C14H18F3NO/c1-4-13(2,3)12(19)18-9-10-5-7-11(8-6-10)14(15,16)17/h5-8H,4,9H2,1-3H3,(H,18,19). The van der Waals surface area contributed by atoms with Gasteiger partial charge in [-0.3, -0.25) is 4.79 Å². The van der Waals surface area contributed by atoms with E-state index in [9.17, 15) is 18.0 Å². The summed E-state index contributed by atoms with van der Waals surface area (Å²) in [6, 6.07) is 4.79. The van der Waals surface area contributed by atoms with Gasteiger partial charge in [-0.1, -0.05) is 32.9 Å². The number of carbonyl (C=O) groups is 1. The van der Waals surface area contributed by atoms with Crippen LogP contribution in [0, 0.1) is 5.41 Å². The second-order valence-electron chi connectivity index (χ2n) is 5.11. The lowest BCUT2D eigenvalue weighted by atomic mass is 9.89. The summed E-state index contributed by atoms with van der Waals surface area (Å²) in [7, 11) is 0. The van der Waals surface area contributed by atoms with E-state index >= 15 is 0 Å². The molecular weight excluding hydrogens is 255 g/mol. The van der Waals surface area contributed by atoms with Crippen LogP contribution in [-0.4, -0.2) is 5.91 Å². The fraction of sp³-hybridized carbons (Fsp3) is 0.500. The average Bonchev–Trinajstić information content (AvgIpc) is 2.35. The van der Waals surface area contributed by atoms with Crippen molar-refractivity contribution in [3.63, 3.8) is 0 Å². The van der Waals surface area contributed by atoms with Crippen LogP contribution in [0.3, 0.4) is 0 Å². The van der Waals surface area contributed by atoms with Crippen molar-refractivity contribution in [3.05, 3.63) is 35.4 Å². The molecule has 0 radical (unpaired) electrons. The summed E-state index contributed by atoms with van der Waals surface area (Å²) < 4.78 is 37.1. The highest BCUT2D eigenvalue weighted by Gasteiger charge is 2.30. The Bertz CT molecular complexity index is 435. The van der Waals surface area contributed by atoms with Crippen LogP contribution in [0.4, 0.5) is 13.2 Å². The number of benzene rings is 1. The molecule has 5 heteroatoms. The molecule has 0 saturated heterocycles. The first-order valence-electron chi connectivity index (χ1n) is 6.11. The molecular formula is C14H18F3NO. The maximum absolute atomic E-state index is 12.4. The van der Waals surface area contributed by atoms with Crippen LogP contribution in [-0.2, 0) is 17.5 Å². The maximum atomic E-state index is 12.4. The predicted molar refractivity (Wildman–Crippen MR) is 67.4 cm³/mol. The van der Waals surface area contributed by atoms with Crippen molar-refractivity contribution in [2.75, 3.05) is 0 Å². The normalized spacial score (nSPS) is 12.3. The molecule has 1 N–H and O–H groups in total. The SMILES string of the molecule is CCC(C)(C)C(=O)NCc1ccc(C(F)(F)F)cc1. The molecule has 0 fully saturated rings. The Morgan fingerprint density at radius 1 is 1.16 bits per heavy atom. The topological polar surface area (TPSA) is 29.1 Å². The molecule has 0 atom stereocenters. The fourth-order valence-electron chi connectivity index (χ4n) is 1.39. The molecule has 0 unspecified atom stereocenters. The van der Waals surface area contributed by atoms with E-state index in [0.717, 1.165) is 12.1 Å². The van der Waals surface area contributed by atoms with E-state index in [4.69, 9.17) is 0 Å². The molecule has 0 aliphatic rings. The van der Waals surface area contributed by atoms with Crippen LogP contribution in [0.2, 0.25) is 0 Å². The van der Waals surface area contributed by atoms with E-state index < -0.39 is 17.2 Å². The van der Waals surface area contributed by atoms with Crippen molar-refractivity contribution in [2.24, 2.45) is 5.41 Å². The highest BCUT2D eigenvalue weighted by atomic mass is 19.4. The number of hydrogen-bond acceptors (Lipinski definition) is 1. The van der Waals surface area contributed by atoms with Crippen molar-refractivity contribution in [1.29, 1.82) is 0 Å². The first kappa shape index (κ1) is 15.5. The van der Waals surface area contributed by atoms with E-state index in [1.54, 1.807) is 0 Å². The molecule has 106 valence electrons. The van der Waals surface area contributed by atoms with E-state index in [2.05, 4.69) is 5.32 Å². The molecule has 1 amide bonds. The van der Waals surface area contributed by atoms with Crippen molar-refractivity contribution in [1.82, 2.24) is 5.32 Å². The lowest BCUT2D eigenvalue weighted by Crippen LogP contribution is -2.35. The van der Waals surface area contributed by atoms with E-state index in [0.29, 0.717) is 12.0 Å². The molecule has 0 aliphatic heterocycles. The third kappa shape index (κ3) is 4.26. The molecule has 1 aromatic carbocycles. The van der Waals surface area contributed by atoms with Crippen LogP contribution >= 0.6 is 0 Å². The van der Waals surface area contributed by atoms with Gasteiger partial charge in [0.15, 0.2) is 0 Å². The van der Waals surface area contributed by atoms with Gasteiger partial charge >= 0.3 is 6.18 Å². The van der Waals surface area contributed by atoms with E-state index in [1.165, 1.54) is 12.1 Å². The number of amides is 1. The Morgan fingerprint density at radius 2 is 1.68 bits per heavy atom. The zero-order chi connectivity index (χ0) is 14.7. The summed E-state index contributed by atoms with van der Waals surface area (Å²) in [6.07, 6.45) is -3.63. The smallest absolute Gasteiger partial charge is 0.352 e. The van der Waals surface area contributed by atoms with Crippen molar-refractivity contribution in [3.8, 4) is 0 Å². The molecule has 0 spiro atoms. The molecule has 2 nitrogen and oxygen atoms in total. The van der Waals surface area contributed by atoms with Gasteiger partial charge in [0.05, 0.1) is 5.56 Å². The number of halogens is 3. The predicted octanol–water partition coefficient (Wildman–Crippen LogP) is 3.76. The highest BCUT2D eigenvalue weighted by Crippen LogP contribution is 2.29. The largest absolute Gasteiger partial charge is 0.416 e. The second kappa shape index (κ2) is 5.63. The molecule has 1 aromatic rings. The van der Waals surface area contributed by atoms with Gasteiger partial charge < -0.3 is 5.32 Å². The Labute approximate surface area is 111 Å². The van der Waals surface area contributed by atoms with Gasteiger partial charge in [-0.05, 0) is 24.1 Å². The van der Waals surface area contributed by atoms with Crippen molar-refractivity contribution in [2.45, 2.75) is 39.9 Å². The van der Waals surface area contributed by atoms with Gasteiger partial charge in [0.1, 0.15) is 0 Å². The maximum Gasteiger partial charge on any atom is 0.416 e. The van der Waals surface area contributed by atoms with Gasteiger partial charge in [-0.25, -0.2) is 0 Å². The monoisotopic (exact) mass is 273 g/mol. The molecule has 0 saturated carbocycles. The third-order valence-electron chi connectivity index (χ3n) is 3.23. The number of hydrogen-bond donors (Lipinski definition) is 1. The minimum atomic E-state index is -4.33. The zero-order valence-corrected chi connectivity index (χ0v) is 11.3. The number of rotatable bonds is 4. The van der Waals surface area contributed by atoms with E-state index in [-0.39, 0.29) is 12.5 Å². The van der Waals surface area contributed by atoms with Crippen LogP contribution in [0.25, 0.3) is 0 Å². The van der Waals surface area contributed by atoms with Gasteiger partial charge in [-0.2, -0.15) is 13.2 Å². The summed E-state index contributed by atoms with van der Waals surface area (Å²) in [4.78, 5) is 11.8. The Hall–Kier alpha value is -1.52. The van der Waals surface area contributed by atoms with E-state index in [1.807, 2.05) is 20.8 Å². The number of carbonyl (C=O) groups excluding carboxylic acids is 1. The van der Waals surface area contributed by atoms with Crippen LogP contribution in [0.15, 0.2) is 24.3 Å². The fourth-order valence-corrected chi connectivity index (χ4v) is 1.39.